The minimum absolute atomic E-state index is 0.0949. The minimum Gasteiger partial charge on any atom is -0.481 e. The summed E-state index contributed by atoms with van der Waals surface area (Å²) in [5.74, 6) is 0.339. The Morgan fingerprint density at radius 1 is 0.820 bits per heavy atom. The van der Waals surface area contributed by atoms with Crippen LogP contribution in [0.5, 0.6) is 0 Å². The number of likely N-dealkylation sites (tertiary alicyclic amines) is 1. The molecule has 1 saturated heterocycles. The highest BCUT2D eigenvalue weighted by Gasteiger charge is 2.28. The van der Waals surface area contributed by atoms with E-state index in [1.807, 2.05) is 36.7 Å². The molecule has 4 aromatic heterocycles. The quantitative estimate of drug-likeness (QED) is 0.0932. The maximum Gasteiger partial charge on any atom is 0.307 e. The number of carboxylic acids is 1. The smallest absolute Gasteiger partial charge is 0.307 e. The molecule has 1 fully saturated rings. The van der Waals surface area contributed by atoms with Crippen molar-refractivity contribution in [2.45, 2.75) is 33.4 Å². The third-order valence-corrected chi connectivity index (χ3v) is 9.42. The Labute approximate surface area is 290 Å². The molecule has 2 aromatic carbocycles. The Morgan fingerprint density at radius 3 is 1.96 bits per heavy atom. The zero-order chi connectivity index (χ0) is 34.6. The first kappa shape index (κ1) is 33.0. The first-order valence-corrected chi connectivity index (χ1v) is 16.9. The molecule has 5 heterocycles. The second kappa shape index (κ2) is 14.6. The molecule has 5 N–H and O–H groups in total. The number of anilines is 4. The summed E-state index contributed by atoms with van der Waals surface area (Å²) in [6, 6.07) is 20.6. The number of aliphatic carboxylic acids is 1. The molecule has 50 heavy (non-hydrogen) atoms. The van der Waals surface area contributed by atoms with Crippen LogP contribution in [0.25, 0.3) is 32.9 Å². The number of benzene rings is 2. The molecule has 6 aromatic rings. The number of rotatable bonds is 12. The average Bonchev–Trinajstić information content (AvgIpc) is 3.59. The van der Waals surface area contributed by atoms with Crippen LogP contribution in [0, 0.1) is 19.8 Å². The molecule has 1 atom stereocenters. The Bertz CT molecular complexity index is 2190. The van der Waals surface area contributed by atoms with Crippen LogP contribution < -0.4 is 16.0 Å². The molecule has 1 aliphatic heterocycles. The van der Waals surface area contributed by atoms with E-state index in [0.29, 0.717) is 44.2 Å². The van der Waals surface area contributed by atoms with Gasteiger partial charge in [-0.3, -0.25) is 19.7 Å². The van der Waals surface area contributed by atoms with Crippen molar-refractivity contribution >= 4 is 50.8 Å². The highest BCUT2D eigenvalue weighted by Crippen LogP contribution is 2.36. The lowest BCUT2D eigenvalue weighted by Gasteiger charge is -2.18. The maximum atomic E-state index is 11.4. The van der Waals surface area contributed by atoms with Crippen LogP contribution in [0.4, 0.5) is 23.0 Å². The summed E-state index contributed by atoms with van der Waals surface area (Å²) in [6.45, 7) is 7.49. The number of nitrogens with zero attached hydrogens (tertiary/aromatic N) is 5. The average molecular weight is 669 g/mol. The minimum atomic E-state index is -0.723. The number of aromatic nitrogens is 4. The number of carboxylic acid groups (broad SMARTS) is 1. The van der Waals surface area contributed by atoms with Crippen LogP contribution in [-0.4, -0.2) is 67.3 Å². The fourth-order valence-electron chi connectivity index (χ4n) is 6.71. The van der Waals surface area contributed by atoms with Crippen molar-refractivity contribution in [3.63, 3.8) is 0 Å². The van der Waals surface area contributed by atoms with E-state index < -0.39 is 5.97 Å². The van der Waals surface area contributed by atoms with Crippen LogP contribution in [0.15, 0.2) is 85.5 Å². The highest BCUT2D eigenvalue weighted by molar-refractivity contribution is 5.92. The number of hydrogen-bond acceptors (Lipinski definition) is 10. The highest BCUT2D eigenvalue weighted by atomic mass is 16.4. The lowest BCUT2D eigenvalue weighted by molar-refractivity contribution is -0.141. The van der Waals surface area contributed by atoms with E-state index in [2.05, 4.69) is 81.1 Å². The van der Waals surface area contributed by atoms with Crippen LogP contribution in [0.3, 0.4) is 0 Å². The summed E-state index contributed by atoms with van der Waals surface area (Å²) in [5, 5.41) is 30.7. The zero-order valence-electron chi connectivity index (χ0n) is 28.1. The first-order chi connectivity index (χ1) is 24.4. The number of pyridine rings is 4. The van der Waals surface area contributed by atoms with Gasteiger partial charge in [-0.05, 0) is 96.6 Å². The molecule has 254 valence electrons. The van der Waals surface area contributed by atoms with Gasteiger partial charge in [0, 0.05) is 73.1 Å². The predicted octanol–water partition coefficient (Wildman–Crippen LogP) is 6.33. The number of carbonyl (C=O) groups is 1. The fourth-order valence-corrected chi connectivity index (χ4v) is 6.71. The lowest BCUT2D eigenvalue weighted by atomic mass is 9.94. The van der Waals surface area contributed by atoms with Crippen molar-refractivity contribution in [3.8, 4) is 11.1 Å². The molecule has 1 unspecified atom stereocenters. The van der Waals surface area contributed by atoms with Gasteiger partial charge in [0.2, 0.25) is 0 Å². The molecule has 0 amide bonds. The second-order valence-electron chi connectivity index (χ2n) is 12.8. The molecule has 1 aliphatic rings. The normalized spacial score (nSPS) is 14.7. The molecular formula is C39H40N8O3. The fraction of sp³-hybridized carbons (Fsp3) is 0.256. The van der Waals surface area contributed by atoms with E-state index >= 15 is 0 Å². The first-order valence-electron chi connectivity index (χ1n) is 16.9. The van der Waals surface area contributed by atoms with E-state index in [0.717, 1.165) is 73.1 Å². The topological polar surface area (TPSA) is 148 Å². The second-order valence-corrected chi connectivity index (χ2v) is 12.8. The van der Waals surface area contributed by atoms with Gasteiger partial charge in [-0.2, -0.15) is 0 Å². The van der Waals surface area contributed by atoms with Gasteiger partial charge in [0.25, 0.3) is 0 Å². The van der Waals surface area contributed by atoms with Crippen molar-refractivity contribution in [2.75, 3.05) is 36.9 Å². The van der Waals surface area contributed by atoms with Gasteiger partial charge in [-0.15, -0.1) is 0 Å². The molecular weight excluding hydrogens is 628 g/mol. The van der Waals surface area contributed by atoms with Crippen molar-refractivity contribution in [1.29, 1.82) is 0 Å². The molecule has 7 rings (SSSR count). The standard InChI is InChI=1S/C39H40N8O3/c1-24-31(5-3-7-33(24)45-37-35-28(9-12-41-37)17-26(20-43-35)19-40-14-16-48)32-6-4-8-34(25(32)2)46-38-36-29(10-13-42-38)18-27(21-44-36)22-47-15-11-30(23-47)39(49)50/h3-10,12-13,17-18,20-21,30,40,48H,11,14-16,19,22-23H2,1-2H3,(H,41,45)(H,42,46)(H,49,50). The predicted molar refractivity (Wildman–Crippen MR) is 197 cm³/mol. The molecule has 0 radical (unpaired) electrons. The van der Waals surface area contributed by atoms with Crippen LogP contribution in [0.1, 0.15) is 28.7 Å². The Kier molecular flexibility index (Phi) is 9.61. The third-order valence-electron chi connectivity index (χ3n) is 9.42. The third kappa shape index (κ3) is 6.97. The molecule has 0 bridgehead atoms. The van der Waals surface area contributed by atoms with Crippen molar-refractivity contribution in [2.24, 2.45) is 5.92 Å². The van der Waals surface area contributed by atoms with Gasteiger partial charge in [0.15, 0.2) is 11.6 Å². The Balaban J connectivity index is 1.12. The number of hydrogen-bond donors (Lipinski definition) is 5. The van der Waals surface area contributed by atoms with Gasteiger partial charge in [0.1, 0.15) is 11.0 Å². The summed E-state index contributed by atoms with van der Waals surface area (Å²) >= 11 is 0. The van der Waals surface area contributed by atoms with Crippen molar-refractivity contribution in [3.05, 3.63) is 108 Å². The van der Waals surface area contributed by atoms with Crippen molar-refractivity contribution in [1.82, 2.24) is 30.2 Å². The maximum absolute atomic E-state index is 11.4. The molecule has 0 spiro atoms. The SMILES string of the molecule is Cc1c(Nc2nccc3cc(CNCCO)cnc23)cccc1-c1cccc(Nc2nccc3cc(CN4CCC(C(=O)O)C4)cnc23)c1C. The number of aliphatic hydroxyl groups is 1. The number of aliphatic hydroxyl groups excluding tert-OH is 1. The van der Waals surface area contributed by atoms with Crippen LogP contribution in [-0.2, 0) is 17.9 Å². The number of fused-ring (bicyclic) bond motifs is 2. The van der Waals surface area contributed by atoms with E-state index in [1.54, 1.807) is 12.4 Å². The lowest BCUT2D eigenvalue weighted by Crippen LogP contribution is -2.22. The van der Waals surface area contributed by atoms with Crippen molar-refractivity contribution < 1.29 is 15.0 Å². The Morgan fingerprint density at radius 2 is 1.40 bits per heavy atom. The molecule has 0 saturated carbocycles. The van der Waals surface area contributed by atoms with E-state index in [4.69, 9.17) is 15.1 Å². The van der Waals surface area contributed by atoms with Gasteiger partial charge < -0.3 is 26.2 Å². The Hall–Kier alpha value is -5.49. The monoisotopic (exact) mass is 668 g/mol. The van der Waals surface area contributed by atoms with E-state index in [9.17, 15) is 9.90 Å². The summed E-state index contributed by atoms with van der Waals surface area (Å²) in [7, 11) is 0. The molecule has 0 aliphatic carbocycles. The van der Waals surface area contributed by atoms with Crippen LogP contribution in [0.2, 0.25) is 0 Å². The van der Waals surface area contributed by atoms with Gasteiger partial charge in [-0.1, -0.05) is 24.3 Å². The van der Waals surface area contributed by atoms with E-state index in [1.165, 1.54) is 0 Å². The van der Waals surface area contributed by atoms with Gasteiger partial charge in [-0.25, -0.2) is 9.97 Å². The molecule has 11 heteroatoms. The summed E-state index contributed by atoms with van der Waals surface area (Å²) < 4.78 is 0. The van der Waals surface area contributed by atoms with E-state index in [-0.39, 0.29) is 12.5 Å². The zero-order valence-corrected chi connectivity index (χ0v) is 28.1. The van der Waals surface area contributed by atoms with Gasteiger partial charge in [0.05, 0.1) is 12.5 Å². The van der Waals surface area contributed by atoms with Crippen LogP contribution >= 0.6 is 0 Å². The summed E-state index contributed by atoms with van der Waals surface area (Å²) in [4.78, 5) is 32.4. The summed E-state index contributed by atoms with van der Waals surface area (Å²) in [5.41, 5.74) is 9.90. The number of nitrogens with one attached hydrogen (secondary N) is 3. The van der Waals surface area contributed by atoms with Gasteiger partial charge >= 0.3 is 5.97 Å². The molecule has 11 nitrogen and oxygen atoms in total. The largest absolute Gasteiger partial charge is 0.481 e. The summed E-state index contributed by atoms with van der Waals surface area (Å²) in [6.07, 6.45) is 7.96.